The third-order valence-corrected chi connectivity index (χ3v) is 4.88. The van der Waals surface area contributed by atoms with E-state index < -0.39 is 0 Å². The molecule has 152 valence electrons. The molecule has 0 aliphatic heterocycles. The number of phenols is 1. The molecule has 29 heavy (non-hydrogen) atoms. The number of hydrogen-bond acceptors (Lipinski definition) is 4. The fourth-order valence-corrected chi connectivity index (χ4v) is 3.21. The predicted octanol–water partition coefficient (Wildman–Crippen LogP) is 5.65. The third kappa shape index (κ3) is 8.23. The molecular weight excluding hydrogens is 362 g/mol. The number of phenolic OH excluding ortho intramolecular Hbond substituents is 1. The Balaban J connectivity index is 1.94. The van der Waals surface area contributed by atoms with Gasteiger partial charge in [0.15, 0.2) is 0 Å². The fraction of sp³-hybridized carbons (Fsp3) is 0.360. The van der Waals surface area contributed by atoms with E-state index in [1.54, 1.807) is 6.07 Å². The minimum atomic E-state index is -0.133. The van der Waals surface area contributed by atoms with Crippen molar-refractivity contribution in [2.45, 2.75) is 45.4 Å². The Morgan fingerprint density at radius 3 is 2.59 bits per heavy atom. The van der Waals surface area contributed by atoms with E-state index in [-0.39, 0.29) is 11.7 Å². The third-order valence-electron chi connectivity index (χ3n) is 4.88. The minimum Gasteiger partial charge on any atom is -0.507 e. The van der Waals surface area contributed by atoms with Crippen molar-refractivity contribution in [2.24, 2.45) is 5.92 Å². The highest BCUT2D eigenvalue weighted by Gasteiger charge is 2.08. The molecule has 0 aliphatic rings. The molecule has 2 aromatic rings. The Morgan fingerprint density at radius 1 is 1.14 bits per heavy atom. The molecular formula is C25H29NO3. The first-order chi connectivity index (χ1) is 14.1. The van der Waals surface area contributed by atoms with Crippen LogP contribution in [0.2, 0.25) is 0 Å². The molecule has 0 radical (unpaired) electrons. The van der Waals surface area contributed by atoms with Crippen LogP contribution in [-0.2, 0) is 16.0 Å². The topological polar surface area (TPSA) is 70.3 Å². The number of aromatic hydroxyl groups is 1. The highest BCUT2D eigenvalue weighted by Crippen LogP contribution is 2.23. The smallest absolute Gasteiger partial charge is 0.305 e. The van der Waals surface area contributed by atoms with E-state index in [1.807, 2.05) is 55.5 Å². The van der Waals surface area contributed by atoms with Crippen LogP contribution < -0.4 is 0 Å². The molecule has 0 bridgehead atoms. The number of carbonyl (C=O) groups excluding carboxylic acids is 1. The molecule has 0 aromatic heterocycles. The number of rotatable bonds is 11. The zero-order chi connectivity index (χ0) is 20.9. The van der Waals surface area contributed by atoms with Gasteiger partial charge in [-0.1, -0.05) is 48.9 Å². The van der Waals surface area contributed by atoms with Crippen molar-refractivity contribution >= 4 is 12.0 Å². The van der Waals surface area contributed by atoms with Crippen LogP contribution in [0, 0.1) is 17.2 Å². The van der Waals surface area contributed by atoms with Crippen LogP contribution in [0.4, 0.5) is 0 Å². The van der Waals surface area contributed by atoms with Gasteiger partial charge in [-0.25, -0.2) is 0 Å². The number of esters is 1. The van der Waals surface area contributed by atoms with Crippen molar-refractivity contribution in [3.8, 4) is 11.8 Å². The molecule has 4 nitrogen and oxygen atoms in total. The van der Waals surface area contributed by atoms with Gasteiger partial charge in [-0.2, -0.15) is 5.26 Å². The first-order valence-electron chi connectivity index (χ1n) is 10.2. The van der Waals surface area contributed by atoms with E-state index in [4.69, 9.17) is 10.00 Å². The summed E-state index contributed by atoms with van der Waals surface area (Å²) in [7, 11) is 0. The minimum absolute atomic E-state index is 0.133. The monoisotopic (exact) mass is 391 g/mol. The Kier molecular flexibility index (Phi) is 9.51. The van der Waals surface area contributed by atoms with Crippen LogP contribution in [0.5, 0.6) is 5.75 Å². The van der Waals surface area contributed by atoms with Gasteiger partial charge in [0.25, 0.3) is 0 Å². The van der Waals surface area contributed by atoms with Gasteiger partial charge in [0, 0.05) is 12.0 Å². The molecule has 4 heteroatoms. The largest absolute Gasteiger partial charge is 0.507 e. The summed E-state index contributed by atoms with van der Waals surface area (Å²) in [5.74, 6) is 0.482. The van der Waals surface area contributed by atoms with Gasteiger partial charge in [-0.3, -0.25) is 4.79 Å². The molecule has 0 saturated carbocycles. The molecule has 0 spiro atoms. The molecule has 1 atom stereocenters. The quantitative estimate of drug-likeness (QED) is 0.397. The predicted molar refractivity (Wildman–Crippen MR) is 115 cm³/mol. The molecule has 0 heterocycles. The van der Waals surface area contributed by atoms with E-state index >= 15 is 0 Å². The zero-order valence-electron chi connectivity index (χ0n) is 17.0. The molecule has 1 unspecified atom stereocenters. The Labute approximate surface area is 173 Å². The second-order valence-corrected chi connectivity index (χ2v) is 7.08. The first-order valence-corrected chi connectivity index (χ1v) is 10.2. The summed E-state index contributed by atoms with van der Waals surface area (Å²) in [5.41, 5.74) is 2.68. The van der Waals surface area contributed by atoms with Gasteiger partial charge in [0.1, 0.15) is 5.75 Å². The molecule has 0 fully saturated rings. The normalized spacial score (nSPS) is 11.9. The second-order valence-electron chi connectivity index (χ2n) is 7.08. The highest BCUT2D eigenvalue weighted by atomic mass is 16.5. The number of ether oxygens (including phenoxy) is 1. The lowest BCUT2D eigenvalue weighted by Crippen LogP contribution is -2.04. The van der Waals surface area contributed by atoms with Crippen molar-refractivity contribution in [1.82, 2.24) is 0 Å². The maximum Gasteiger partial charge on any atom is 0.305 e. The lowest BCUT2D eigenvalue weighted by molar-refractivity contribution is -0.143. The number of benzene rings is 2. The Bertz CT molecular complexity index is 834. The van der Waals surface area contributed by atoms with Crippen LogP contribution >= 0.6 is 0 Å². The molecule has 2 aromatic carbocycles. The molecule has 0 amide bonds. The SMILES string of the molecule is CCOC(=O)CCCCC(/C=C/c1ccccc1O)CCc1ccc(C#N)cc1. The lowest BCUT2D eigenvalue weighted by atomic mass is 9.92. The summed E-state index contributed by atoms with van der Waals surface area (Å²) in [6, 6.07) is 17.1. The van der Waals surface area contributed by atoms with Crippen molar-refractivity contribution in [1.29, 1.82) is 5.26 Å². The van der Waals surface area contributed by atoms with Gasteiger partial charge >= 0.3 is 5.97 Å². The summed E-state index contributed by atoms with van der Waals surface area (Å²) < 4.78 is 4.99. The number of unbranched alkanes of at least 4 members (excludes halogenated alkanes) is 1. The average molecular weight is 392 g/mol. The fourth-order valence-electron chi connectivity index (χ4n) is 3.21. The van der Waals surface area contributed by atoms with Gasteiger partial charge < -0.3 is 9.84 Å². The number of hydrogen-bond donors (Lipinski definition) is 1. The van der Waals surface area contributed by atoms with E-state index in [0.717, 1.165) is 37.7 Å². The highest BCUT2D eigenvalue weighted by molar-refractivity contribution is 5.69. The number of allylic oxidation sites excluding steroid dienone is 1. The van der Waals surface area contributed by atoms with Gasteiger partial charge in [0.2, 0.25) is 0 Å². The Hall–Kier alpha value is -3.06. The van der Waals surface area contributed by atoms with Crippen LogP contribution in [-0.4, -0.2) is 17.7 Å². The zero-order valence-corrected chi connectivity index (χ0v) is 17.0. The standard InChI is InChI=1S/C25H29NO3/c1-2-29-25(28)10-6-3-7-20(17-18-23-8-4-5-9-24(23)27)11-12-21-13-15-22(19-26)16-14-21/h4-5,8-9,13-18,20,27H,2-3,6-7,10-12H2,1H3/b18-17+. The number of nitriles is 1. The number of carbonyl (C=O) groups is 1. The Morgan fingerprint density at radius 2 is 1.90 bits per heavy atom. The van der Waals surface area contributed by atoms with E-state index in [2.05, 4.69) is 12.1 Å². The molecule has 2 rings (SSSR count). The van der Waals surface area contributed by atoms with Crippen LogP contribution in [0.1, 0.15) is 55.7 Å². The number of para-hydroxylation sites is 1. The first kappa shape index (κ1) is 22.2. The van der Waals surface area contributed by atoms with E-state index in [9.17, 15) is 9.90 Å². The summed E-state index contributed by atoms with van der Waals surface area (Å²) in [4.78, 5) is 11.5. The van der Waals surface area contributed by atoms with Crippen LogP contribution in [0.15, 0.2) is 54.6 Å². The number of nitrogens with zero attached hydrogens (tertiary/aromatic N) is 1. The van der Waals surface area contributed by atoms with Gasteiger partial charge in [-0.15, -0.1) is 0 Å². The average Bonchev–Trinajstić information content (AvgIpc) is 2.74. The molecule has 0 saturated heterocycles. The van der Waals surface area contributed by atoms with Crippen molar-refractivity contribution in [2.75, 3.05) is 6.61 Å². The van der Waals surface area contributed by atoms with Crippen LogP contribution in [0.25, 0.3) is 6.08 Å². The summed E-state index contributed by atoms with van der Waals surface area (Å²) >= 11 is 0. The summed E-state index contributed by atoms with van der Waals surface area (Å²) in [6.45, 7) is 2.25. The maximum absolute atomic E-state index is 11.5. The molecule has 1 N–H and O–H groups in total. The number of aryl methyl sites for hydroxylation is 1. The van der Waals surface area contributed by atoms with Crippen molar-refractivity contribution in [3.63, 3.8) is 0 Å². The van der Waals surface area contributed by atoms with E-state index in [0.29, 0.717) is 24.5 Å². The summed E-state index contributed by atoms with van der Waals surface area (Å²) in [5, 5.41) is 18.9. The van der Waals surface area contributed by atoms with Crippen LogP contribution in [0.3, 0.4) is 0 Å². The molecule has 0 aliphatic carbocycles. The van der Waals surface area contributed by atoms with Crippen molar-refractivity contribution in [3.05, 3.63) is 71.3 Å². The second kappa shape index (κ2) is 12.4. The van der Waals surface area contributed by atoms with Gasteiger partial charge in [0.05, 0.1) is 18.2 Å². The van der Waals surface area contributed by atoms with Crippen molar-refractivity contribution < 1.29 is 14.6 Å². The van der Waals surface area contributed by atoms with E-state index in [1.165, 1.54) is 5.56 Å². The lowest BCUT2D eigenvalue weighted by Gasteiger charge is -2.13. The van der Waals surface area contributed by atoms with Gasteiger partial charge in [-0.05, 0) is 62.3 Å². The summed E-state index contributed by atoms with van der Waals surface area (Å²) in [6.07, 6.45) is 9.21. The maximum atomic E-state index is 11.5.